The summed E-state index contributed by atoms with van der Waals surface area (Å²) in [6.07, 6.45) is 43.7. The standard InChI is InChI=1S/C55H90N2Si.Ni/c1-8-10-12-14-16-18-20-22-23-24-25-26-28-30-32-34-36-38-43-55(57-53-45-44-49(3)50(4)46-53)54(56-52-41-39-40-51(47-52)48-58(5,6)7)42-37-35-33-31-29-27-21-19-17-15-13-11-9-2;/h37,39-42,44-47H,8-36,48H2,1-7H3;/b42-37+,56-54+,57-55+;. The first-order chi connectivity index (χ1) is 28.2. The number of aryl methyl sites for hydroxylation is 2. The number of benzene rings is 2. The zero-order valence-corrected chi connectivity index (χ0v) is 41.6. The van der Waals surface area contributed by atoms with E-state index in [4.69, 9.17) is 9.98 Å². The van der Waals surface area contributed by atoms with Gasteiger partial charge in [0.15, 0.2) is 0 Å². The van der Waals surface area contributed by atoms with Crippen molar-refractivity contribution in [3.63, 3.8) is 0 Å². The van der Waals surface area contributed by atoms with Crippen LogP contribution in [0.5, 0.6) is 0 Å². The summed E-state index contributed by atoms with van der Waals surface area (Å²) in [5, 5.41) is 0. The molecule has 2 rings (SSSR count). The number of hydrogen-bond donors (Lipinski definition) is 0. The summed E-state index contributed by atoms with van der Waals surface area (Å²) in [7, 11) is -1.26. The number of unbranched alkanes of at least 4 members (excludes halogenated alkanes) is 27. The van der Waals surface area contributed by atoms with Crippen molar-refractivity contribution in [2.75, 3.05) is 0 Å². The third kappa shape index (κ3) is 30.5. The molecule has 4 heteroatoms. The van der Waals surface area contributed by atoms with Crippen LogP contribution in [-0.4, -0.2) is 19.5 Å². The Morgan fingerprint density at radius 1 is 0.542 bits per heavy atom. The van der Waals surface area contributed by atoms with Crippen LogP contribution in [-0.2, 0) is 22.5 Å². The van der Waals surface area contributed by atoms with E-state index in [1.807, 2.05) is 0 Å². The van der Waals surface area contributed by atoms with Crippen molar-refractivity contribution < 1.29 is 16.5 Å². The van der Waals surface area contributed by atoms with Crippen LogP contribution in [0.1, 0.15) is 217 Å². The van der Waals surface area contributed by atoms with E-state index in [9.17, 15) is 0 Å². The molecule has 0 aromatic heterocycles. The van der Waals surface area contributed by atoms with Crippen molar-refractivity contribution in [3.8, 4) is 11.8 Å². The number of rotatable bonds is 34. The first-order valence-corrected chi connectivity index (χ1v) is 28.4. The van der Waals surface area contributed by atoms with Gasteiger partial charge < -0.3 is 0 Å². The summed E-state index contributed by atoms with van der Waals surface area (Å²) in [5.74, 6) is 7.10. The van der Waals surface area contributed by atoms with Gasteiger partial charge in [-0.25, -0.2) is 9.98 Å². The summed E-state index contributed by atoms with van der Waals surface area (Å²) >= 11 is 0. The number of aliphatic imine (C=N–C) groups is 2. The zero-order chi connectivity index (χ0) is 41.9. The van der Waals surface area contributed by atoms with Crippen molar-refractivity contribution in [1.29, 1.82) is 0 Å². The van der Waals surface area contributed by atoms with Crippen LogP contribution in [0.15, 0.2) is 64.6 Å². The Kier molecular flexibility index (Phi) is 33.9. The fraction of sp³-hybridized carbons (Fsp3) is 0.673. The largest absolute Gasteiger partial charge is 0.246 e. The van der Waals surface area contributed by atoms with E-state index in [1.54, 1.807) is 0 Å². The van der Waals surface area contributed by atoms with Crippen molar-refractivity contribution in [2.45, 2.75) is 240 Å². The van der Waals surface area contributed by atoms with E-state index in [0.29, 0.717) is 0 Å². The van der Waals surface area contributed by atoms with Crippen molar-refractivity contribution in [3.05, 3.63) is 71.3 Å². The van der Waals surface area contributed by atoms with Gasteiger partial charge in [-0.1, -0.05) is 224 Å². The summed E-state index contributed by atoms with van der Waals surface area (Å²) in [4.78, 5) is 10.5. The average molecular weight is 866 g/mol. The predicted octanol–water partition coefficient (Wildman–Crippen LogP) is 18.5. The fourth-order valence-corrected chi connectivity index (χ4v) is 9.20. The molecule has 0 spiro atoms. The molecule has 0 unspecified atom stereocenters. The van der Waals surface area contributed by atoms with E-state index in [-0.39, 0.29) is 16.5 Å². The molecule has 0 aliphatic carbocycles. The van der Waals surface area contributed by atoms with Gasteiger partial charge >= 0.3 is 0 Å². The van der Waals surface area contributed by atoms with E-state index < -0.39 is 8.07 Å². The quantitative estimate of drug-likeness (QED) is 0.0290. The van der Waals surface area contributed by atoms with E-state index >= 15 is 0 Å². The third-order valence-electron chi connectivity index (χ3n) is 11.5. The first-order valence-electron chi connectivity index (χ1n) is 24.7. The molecule has 0 aliphatic heterocycles. The molecule has 0 amide bonds. The van der Waals surface area contributed by atoms with Crippen molar-refractivity contribution in [2.24, 2.45) is 9.98 Å². The average Bonchev–Trinajstić information content (AvgIpc) is 3.19. The first kappa shape index (κ1) is 54.8. The smallest absolute Gasteiger partial charge is 0.139 e. The van der Waals surface area contributed by atoms with Gasteiger partial charge in [-0.2, -0.15) is 0 Å². The van der Waals surface area contributed by atoms with E-state index in [0.717, 1.165) is 48.1 Å². The Morgan fingerprint density at radius 2 is 1.02 bits per heavy atom. The minimum atomic E-state index is -1.26. The van der Waals surface area contributed by atoms with E-state index in [2.05, 4.69) is 114 Å². The molecule has 0 radical (unpaired) electrons. The Bertz CT molecular complexity index is 1490. The molecule has 334 valence electrons. The molecule has 0 N–H and O–H groups in total. The van der Waals surface area contributed by atoms with Crippen LogP contribution in [0.2, 0.25) is 19.6 Å². The van der Waals surface area contributed by atoms with Crippen molar-refractivity contribution >= 4 is 30.9 Å². The molecule has 2 aromatic carbocycles. The van der Waals surface area contributed by atoms with Gasteiger partial charge in [-0.3, -0.25) is 0 Å². The summed E-state index contributed by atoms with van der Waals surface area (Å²) in [5.41, 5.74) is 7.54. The second-order valence-corrected chi connectivity index (χ2v) is 24.2. The van der Waals surface area contributed by atoms with Gasteiger partial charge in [0.2, 0.25) is 0 Å². The topological polar surface area (TPSA) is 24.7 Å². The maximum atomic E-state index is 5.29. The fourth-order valence-electron chi connectivity index (χ4n) is 7.76. The van der Waals surface area contributed by atoms with Crippen LogP contribution in [0.4, 0.5) is 11.4 Å². The van der Waals surface area contributed by atoms with Gasteiger partial charge in [-0.05, 0) is 92.1 Å². The Morgan fingerprint density at radius 3 is 1.51 bits per heavy atom. The molecule has 0 atom stereocenters. The normalized spacial score (nSPS) is 12.2. The molecule has 0 bridgehead atoms. The van der Waals surface area contributed by atoms with Gasteiger partial charge in [0.25, 0.3) is 0 Å². The van der Waals surface area contributed by atoms with Gasteiger partial charge in [0.05, 0.1) is 17.1 Å². The summed E-state index contributed by atoms with van der Waals surface area (Å²) in [6.45, 7) is 16.3. The molecule has 0 saturated heterocycles. The molecule has 0 saturated carbocycles. The van der Waals surface area contributed by atoms with Crippen LogP contribution in [0.3, 0.4) is 0 Å². The second kappa shape index (κ2) is 36.4. The molecular weight excluding hydrogens is 775 g/mol. The number of hydrogen-bond acceptors (Lipinski definition) is 2. The molecule has 0 aliphatic rings. The van der Waals surface area contributed by atoms with Crippen LogP contribution in [0, 0.1) is 25.7 Å². The second-order valence-electron chi connectivity index (χ2n) is 18.7. The van der Waals surface area contributed by atoms with Crippen LogP contribution < -0.4 is 0 Å². The summed E-state index contributed by atoms with van der Waals surface area (Å²) in [6, 6.07) is 16.5. The Balaban J connectivity index is 0.0000174. The monoisotopic (exact) mass is 865 g/mol. The molecule has 2 nitrogen and oxygen atoms in total. The van der Waals surface area contributed by atoms with Crippen LogP contribution in [0.25, 0.3) is 0 Å². The maximum absolute atomic E-state index is 5.29. The van der Waals surface area contributed by atoms with E-state index in [1.165, 1.54) is 184 Å². The van der Waals surface area contributed by atoms with Crippen LogP contribution >= 0.6 is 0 Å². The molecule has 59 heavy (non-hydrogen) atoms. The Labute approximate surface area is 378 Å². The van der Waals surface area contributed by atoms with Crippen molar-refractivity contribution in [1.82, 2.24) is 0 Å². The molecule has 0 heterocycles. The number of nitrogens with zero attached hydrogens (tertiary/aromatic N) is 2. The minimum absolute atomic E-state index is 0. The van der Waals surface area contributed by atoms with Gasteiger partial charge in [0, 0.05) is 31.0 Å². The van der Waals surface area contributed by atoms with Gasteiger partial charge in [0.1, 0.15) is 5.71 Å². The summed E-state index contributed by atoms with van der Waals surface area (Å²) < 4.78 is 0. The third-order valence-corrected chi connectivity index (χ3v) is 12.9. The molecule has 2 aromatic rings. The SMILES string of the molecule is CCCCCCCCCCCCC/C=C/C(=N\c1cccc(C[Si](C)(C)C)c1)C(/C#CCCCCCCCCCCCCCCCCCC)=N/c1ccc(C)c(C)c1.[Ni]. The minimum Gasteiger partial charge on any atom is -0.246 e. The molecule has 0 fully saturated rings. The molecular formula is C55H90N2NiSi. The number of allylic oxidation sites excluding steroid dienone is 2. The Hall–Kier alpha value is -2.21. The predicted molar refractivity (Wildman–Crippen MR) is 266 cm³/mol. The van der Waals surface area contributed by atoms with Gasteiger partial charge in [-0.15, -0.1) is 0 Å². The maximum Gasteiger partial charge on any atom is 0.139 e. The zero-order valence-electron chi connectivity index (χ0n) is 39.6.